The van der Waals surface area contributed by atoms with E-state index in [0.717, 1.165) is 12.3 Å². The summed E-state index contributed by atoms with van der Waals surface area (Å²) in [6.07, 6.45) is 7.73. The van der Waals surface area contributed by atoms with E-state index in [1.807, 2.05) is 0 Å². The summed E-state index contributed by atoms with van der Waals surface area (Å²) in [5, 5.41) is 7.69. The highest BCUT2D eigenvalue weighted by atomic mass is 16.5. The second kappa shape index (κ2) is 5.64. The van der Waals surface area contributed by atoms with E-state index in [4.69, 9.17) is 9.26 Å². The summed E-state index contributed by atoms with van der Waals surface area (Å²) in [5.41, 5.74) is 0.609. The molecule has 2 fully saturated rings. The number of hydrogen-bond acceptors (Lipinski definition) is 7. The van der Waals surface area contributed by atoms with Gasteiger partial charge in [-0.05, 0) is 25.2 Å². The predicted molar refractivity (Wildman–Crippen MR) is 78.1 cm³/mol. The lowest BCUT2D eigenvalue weighted by molar-refractivity contribution is 0.324. The van der Waals surface area contributed by atoms with Crippen LogP contribution in [0.4, 0.5) is 0 Å². The van der Waals surface area contributed by atoms with Crippen LogP contribution >= 0.6 is 0 Å². The van der Waals surface area contributed by atoms with E-state index in [1.54, 1.807) is 13.2 Å². The standard InChI is InChI=1S/C15H19N5O2/c1-21-13-7-11(16-8-17-13)14-19-15(22-20-14)12-6-9-4-2-3-5-10(9)18-12/h7-10,12,18H,2-6H2,1H3. The molecule has 0 aromatic carbocycles. The third-order valence-electron chi connectivity index (χ3n) is 4.68. The summed E-state index contributed by atoms with van der Waals surface area (Å²) >= 11 is 0. The van der Waals surface area contributed by atoms with Crippen molar-refractivity contribution in [2.75, 3.05) is 7.11 Å². The van der Waals surface area contributed by atoms with Crippen LogP contribution in [-0.4, -0.2) is 33.3 Å². The van der Waals surface area contributed by atoms with Gasteiger partial charge in [-0.25, -0.2) is 9.97 Å². The molecule has 0 radical (unpaired) electrons. The van der Waals surface area contributed by atoms with Gasteiger partial charge in [0.25, 0.3) is 0 Å². The van der Waals surface area contributed by atoms with Crippen molar-refractivity contribution in [3.63, 3.8) is 0 Å². The van der Waals surface area contributed by atoms with E-state index in [0.29, 0.717) is 29.3 Å². The fourth-order valence-corrected chi connectivity index (χ4v) is 3.56. The summed E-state index contributed by atoms with van der Waals surface area (Å²) < 4.78 is 10.6. The molecule has 22 heavy (non-hydrogen) atoms. The number of aromatic nitrogens is 4. The fourth-order valence-electron chi connectivity index (χ4n) is 3.56. The molecule has 116 valence electrons. The average molecular weight is 301 g/mol. The van der Waals surface area contributed by atoms with Crippen LogP contribution in [0.5, 0.6) is 5.88 Å². The Labute approximate surface area is 128 Å². The normalized spacial score (nSPS) is 27.6. The number of hydrogen-bond donors (Lipinski definition) is 1. The van der Waals surface area contributed by atoms with Crippen LogP contribution < -0.4 is 10.1 Å². The maximum atomic E-state index is 5.46. The van der Waals surface area contributed by atoms with E-state index in [1.165, 1.54) is 32.0 Å². The molecule has 2 aromatic heterocycles. The van der Waals surface area contributed by atoms with Gasteiger partial charge in [-0.3, -0.25) is 0 Å². The first kappa shape index (κ1) is 13.6. The summed E-state index contributed by atoms with van der Waals surface area (Å²) in [7, 11) is 1.57. The van der Waals surface area contributed by atoms with E-state index in [2.05, 4.69) is 25.4 Å². The molecule has 1 aliphatic carbocycles. The molecule has 7 heteroatoms. The first-order valence-corrected chi connectivity index (χ1v) is 7.79. The molecular weight excluding hydrogens is 282 g/mol. The lowest BCUT2D eigenvalue weighted by Crippen LogP contribution is -2.30. The molecule has 3 heterocycles. The molecule has 4 rings (SSSR count). The average Bonchev–Trinajstić information content (AvgIpc) is 3.21. The van der Waals surface area contributed by atoms with Gasteiger partial charge in [0.2, 0.25) is 17.6 Å². The van der Waals surface area contributed by atoms with Gasteiger partial charge in [0, 0.05) is 12.1 Å². The van der Waals surface area contributed by atoms with E-state index in [-0.39, 0.29) is 6.04 Å². The smallest absolute Gasteiger partial charge is 0.244 e. The number of rotatable bonds is 3. The van der Waals surface area contributed by atoms with Crippen molar-refractivity contribution in [2.24, 2.45) is 5.92 Å². The van der Waals surface area contributed by atoms with Crippen LogP contribution in [0.3, 0.4) is 0 Å². The van der Waals surface area contributed by atoms with Gasteiger partial charge in [-0.2, -0.15) is 4.98 Å². The summed E-state index contributed by atoms with van der Waals surface area (Å²) in [6, 6.07) is 2.47. The van der Waals surface area contributed by atoms with Crippen molar-refractivity contribution in [2.45, 2.75) is 44.2 Å². The van der Waals surface area contributed by atoms with E-state index < -0.39 is 0 Å². The second-order valence-electron chi connectivity index (χ2n) is 6.01. The Hall–Kier alpha value is -2.02. The Kier molecular flexibility index (Phi) is 3.49. The highest BCUT2D eigenvalue weighted by Crippen LogP contribution is 2.38. The van der Waals surface area contributed by atoms with Crippen molar-refractivity contribution in [1.29, 1.82) is 0 Å². The Balaban J connectivity index is 1.54. The molecular formula is C15H19N5O2. The van der Waals surface area contributed by atoms with Crippen LogP contribution in [0.1, 0.15) is 44.0 Å². The zero-order chi connectivity index (χ0) is 14.9. The van der Waals surface area contributed by atoms with Crippen LogP contribution in [0.25, 0.3) is 11.5 Å². The number of nitrogens with one attached hydrogen (secondary N) is 1. The molecule has 1 saturated heterocycles. The molecule has 1 aliphatic heterocycles. The Morgan fingerprint density at radius 2 is 2.18 bits per heavy atom. The van der Waals surface area contributed by atoms with Gasteiger partial charge in [0.1, 0.15) is 12.0 Å². The SMILES string of the molecule is COc1cc(-c2noc(C3CC4CCCCC4N3)n2)ncn1. The maximum absolute atomic E-state index is 5.46. The van der Waals surface area contributed by atoms with Gasteiger partial charge >= 0.3 is 0 Å². The van der Waals surface area contributed by atoms with E-state index in [9.17, 15) is 0 Å². The lowest BCUT2D eigenvalue weighted by atomic mass is 9.85. The molecule has 0 spiro atoms. The van der Waals surface area contributed by atoms with Crippen molar-refractivity contribution in [3.05, 3.63) is 18.3 Å². The van der Waals surface area contributed by atoms with Crippen molar-refractivity contribution >= 4 is 0 Å². The number of fused-ring (bicyclic) bond motifs is 1. The van der Waals surface area contributed by atoms with Crippen molar-refractivity contribution in [3.8, 4) is 17.4 Å². The van der Waals surface area contributed by atoms with Crippen LogP contribution in [0.2, 0.25) is 0 Å². The molecule has 0 amide bonds. The van der Waals surface area contributed by atoms with Crippen LogP contribution in [0.15, 0.2) is 16.9 Å². The number of ether oxygens (including phenoxy) is 1. The predicted octanol–water partition coefficient (Wildman–Crippen LogP) is 2.13. The third kappa shape index (κ3) is 2.45. The second-order valence-corrected chi connectivity index (χ2v) is 6.01. The molecule has 2 aromatic rings. The van der Waals surface area contributed by atoms with Gasteiger partial charge in [0.15, 0.2) is 0 Å². The van der Waals surface area contributed by atoms with E-state index >= 15 is 0 Å². The van der Waals surface area contributed by atoms with Gasteiger partial charge < -0.3 is 14.6 Å². The van der Waals surface area contributed by atoms with Gasteiger partial charge in [-0.15, -0.1) is 0 Å². The minimum absolute atomic E-state index is 0.165. The van der Waals surface area contributed by atoms with Gasteiger partial charge in [0.05, 0.1) is 13.2 Å². The summed E-state index contributed by atoms with van der Waals surface area (Å²) in [6.45, 7) is 0. The number of methoxy groups -OCH3 is 1. The van der Waals surface area contributed by atoms with Crippen LogP contribution in [0, 0.1) is 5.92 Å². The summed E-state index contributed by atoms with van der Waals surface area (Å²) in [4.78, 5) is 12.7. The Morgan fingerprint density at radius 3 is 3.05 bits per heavy atom. The molecule has 1 saturated carbocycles. The minimum atomic E-state index is 0.165. The Morgan fingerprint density at radius 1 is 1.27 bits per heavy atom. The molecule has 3 unspecified atom stereocenters. The molecule has 3 atom stereocenters. The maximum Gasteiger partial charge on any atom is 0.244 e. The first-order chi connectivity index (χ1) is 10.8. The third-order valence-corrected chi connectivity index (χ3v) is 4.68. The molecule has 0 bridgehead atoms. The number of nitrogens with zero attached hydrogens (tertiary/aromatic N) is 4. The molecule has 2 aliphatic rings. The summed E-state index contributed by atoms with van der Waals surface area (Å²) in [5.74, 6) is 2.36. The topological polar surface area (TPSA) is 86.0 Å². The van der Waals surface area contributed by atoms with Crippen molar-refractivity contribution < 1.29 is 9.26 Å². The Bertz CT molecular complexity index is 645. The van der Waals surface area contributed by atoms with Crippen LogP contribution in [-0.2, 0) is 0 Å². The lowest BCUT2D eigenvalue weighted by Gasteiger charge is -2.24. The molecule has 1 N–H and O–H groups in total. The highest BCUT2D eigenvalue weighted by molar-refractivity contribution is 5.49. The van der Waals surface area contributed by atoms with Gasteiger partial charge in [-0.1, -0.05) is 18.0 Å². The highest BCUT2D eigenvalue weighted by Gasteiger charge is 2.38. The first-order valence-electron chi connectivity index (χ1n) is 7.79. The zero-order valence-corrected chi connectivity index (χ0v) is 12.5. The minimum Gasteiger partial charge on any atom is -0.481 e. The zero-order valence-electron chi connectivity index (χ0n) is 12.5. The quantitative estimate of drug-likeness (QED) is 0.929. The van der Waals surface area contributed by atoms with Crippen molar-refractivity contribution in [1.82, 2.24) is 25.4 Å². The fraction of sp³-hybridized carbons (Fsp3) is 0.600. The largest absolute Gasteiger partial charge is 0.481 e. The monoisotopic (exact) mass is 301 g/mol. The molecule has 7 nitrogen and oxygen atoms in total.